The Morgan fingerprint density at radius 3 is 0.700 bits per heavy atom. The predicted octanol–water partition coefficient (Wildman–Crippen LogP) is -1.49. The van der Waals surface area contributed by atoms with Gasteiger partial charge in [0.2, 0.25) is 0 Å². The molecule has 0 aromatic carbocycles. The molecule has 50 valence electrons. The molecule has 0 aliphatic carbocycles. The van der Waals surface area contributed by atoms with Gasteiger partial charge in [0.05, 0.1) is 0 Å². The molecule has 0 saturated heterocycles. The summed E-state index contributed by atoms with van der Waals surface area (Å²) in [7, 11) is 0. The van der Waals surface area contributed by atoms with Crippen molar-refractivity contribution in [2.75, 3.05) is 0 Å². The average Bonchev–Trinajstić information content (AvgIpc) is 1.70. The third-order valence-electron chi connectivity index (χ3n) is 0. The number of nitrogens with zero attached hydrogens (tertiary/aromatic N) is 3. The van der Waals surface area contributed by atoms with Crippen LogP contribution in [0.1, 0.15) is 0 Å². The van der Waals surface area contributed by atoms with Gasteiger partial charge in [-0.25, -0.2) is 0 Å². The van der Waals surface area contributed by atoms with Crippen LogP contribution in [0.15, 0.2) is 0 Å². The van der Waals surface area contributed by atoms with Crippen LogP contribution in [-0.4, -0.2) is 87.1 Å². The Morgan fingerprint density at radius 2 is 0.700 bits per heavy atom. The molecule has 0 bridgehead atoms. The summed E-state index contributed by atoms with van der Waals surface area (Å²) in [5, 5.41) is 21.8. The first-order chi connectivity index (χ1) is 4.24. The van der Waals surface area contributed by atoms with Crippen LogP contribution in [0.2, 0.25) is 0 Å². The zero-order chi connectivity index (χ0) is 8.12. The Morgan fingerprint density at radius 1 is 0.700 bits per heavy atom. The van der Waals surface area contributed by atoms with Gasteiger partial charge in [-0.3, -0.25) is 0 Å². The maximum atomic E-state index is 7.26. The van der Waals surface area contributed by atoms with Crippen LogP contribution in [0, 0.1) is 0 Å². The van der Waals surface area contributed by atoms with Gasteiger partial charge in [0.15, 0.2) is 0 Å². The molecule has 3 nitrogen and oxygen atoms in total. The first kappa shape index (κ1) is 22.5. The Kier molecular flexibility index (Phi) is 110. The molecule has 0 atom stereocenters. The van der Waals surface area contributed by atoms with Gasteiger partial charge < -0.3 is 0 Å². The van der Waals surface area contributed by atoms with Crippen molar-refractivity contribution >= 4 is 87.1 Å². The summed E-state index contributed by atoms with van der Waals surface area (Å²) >= 11 is 6.33. The average molecular weight is 524 g/mol. The molecular formula is C3BiN3Se3. The maximum absolute atomic E-state index is 7.26. The third-order valence-corrected chi connectivity index (χ3v) is 0. The summed E-state index contributed by atoms with van der Waals surface area (Å²) in [6.45, 7) is 0. The van der Waals surface area contributed by atoms with Gasteiger partial charge in [0.25, 0.3) is 0 Å². The van der Waals surface area contributed by atoms with Crippen LogP contribution in [0.5, 0.6) is 0 Å². The minimum atomic E-state index is 0. The van der Waals surface area contributed by atoms with E-state index in [0.29, 0.717) is 0 Å². The number of rotatable bonds is 0. The monoisotopic (exact) mass is 527 g/mol. The molecule has 0 spiro atoms. The quantitative estimate of drug-likeness (QED) is 0.274. The Labute approximate surface area is 102 Å². The van der Waals surface area contributed by atoms with E-state index in [0.717, 1.165) is 0 Å². The van der Waals surface area contributed by atoms with Gasteiger partial charge >= 0.3 is 103 Å². The minimum absolute atomic E-state index is 0. The third kappa shape index (κ3) is 440. The van der Waals surface area contributed by atoms with E-state index >= 15 is 0 Å². The fraction of sp³-hybridized carbons (Fsp3) is 0. The standard InChI is InChI=1S/3CNSe.Bi/c3*2-1-3;/q3*-1;+3. The van der Waals surface area contributed by atoms with Crippen molar-refractivity contribution in [2.45, 2.75) is 0 Å². The van der Waals surface area contributed by atoms with E-state index < -0.39 is 0 Å². The van der Waals surface area contributed by atoms with E-state index in [4.69, 9.17) is 16.2 Å². The fourth-order valence-corrected chi connectivity index (χ4v) is 0. The van der Waals surface area contributed by atoms with Crippen molar-refractivity contribution in [3.05, 3.63) is 16.2 Å². The Hall–Kier alpha value is 1.18. The second-order valence-electron chi connectivity index (χ2n) is 0.274. The van der Waals surface area contributed by atoms with Crippen molar-refractivity contribution in [3.63, 3.8) is 0 Å². The van der Waals surface area contributed by atoms with E-state index in [1.54, 1.807) is 14.1 Å². The second kappa shape index (κ2) is 49.1. The predicted molar refractivity (Wildman–Crippen MR) is 48.1 cm³/mol. The summed E-state index contributed by atoms with van der Waals surface area (Å²) in [4.78, 5) is 0. The van der Waals surface area contributed by atoms with Gasteiger partial charge in [-0.2, -0.15) is 0 Å². The molecule has 0 fully saturated rings. The molecule has 0 aliphatic heterocycles. The molecule has 10 heavy (non-hydrogen) atoms. The molecule has 0 heterocycles. The molecule has 0 rings (SSSR count). The zero-order valence-electron chi connectivity index (χ0n) is 4.51. The molecule has 0 N–H and O–H groups in total. The SMILES string of the molecule is [Bi+3].[N-]=C=[Se].[N-]=C=[Se].[N-]=C=[Se]. The molecule has 0 unspecified atom stereocenters. The molecule has 0 aromatic rings. The molecule has 0 aromatic heterocycles. The Balaban J connectivity index is -0.0000000257. The van der Waals surface area contributed by atoms with Crippen LogP contribution < -0.4 is 0 Å². The normalized spacial score (nSPS) is 2.40. The number of hydrogen-bond donors (Lipinski definition) is 0. The van der Waals surface area contributed by atoms with Gasteiger partial charge in [-0.15, -0.1) is 0 Å². The van der Waals surface area contributed by atoms with E-state index in [9.17, 15) is 0 Å². The van der Waals surface area contributed by atoms with Gasteiger partial charge in [0, 0.05) is 0 Å². The zero-order valence-corrected chi connectivity index (χ0v) is 13.1. The summed E-state index contributed by atoms with van der Waals surface area (Å²) in [6.07, 6.45) is 0. The van der Waals surface area contributed by atoms with E-state index in [-0.39, 0.29) is 26.2 Å². The topological polar surface area (TPSA) is 66.9 Å². The molecule has 2 radical (unpaired) electrons. The van der Waals surface area contributed by atoms with Crippen LogP contribution in [0.3, 0.4) is 0 Å². The summed E-state index contributed by atoms with van der Waals surface area (Å²) in [5.74, 6) is 0. The van der Waals surface area contributed by atoms with Crippen LogP contribution >= 0.6 is 0 Å². The first-order valence-corrected chi connectivity index (χ1v) is 3.85. The molecule has 0 saturated carbocycles. The van der Waals surface area contributed by atoms with Crippen LogP contribution in [0.4, 0.5) is 0 Å². The van der Waals surface area contributed by atoms with E-state index in [1.165, 1.54) is 0 Å². The summed E-state index contributed by atoms with van der Waals surface area (Å²) in [6, 6.07) is 0. The summed E-state index contributed by atoms with van der Waals surface area (Å²) in [5.41, 5.74) is 0. The second-order valence-corrected chi connectivity index (χ2v) is 1.42. The van der Waals surface area contributed by atoms with Crippen molar-refractivity contribution in [3.8, 4) is 0 Å². The molecule has 0 aliphatic rings. The van der Waals surface area contributed by atoms with Crippen LogP contribution in [-0.2, 0) is 0 Å². The van der Waals surface area contributed by atoms with Crippen molar-refractivity contribution < 1.29 is 0 Å². The molecule has 7 heteroatoms. The molecule has 0 amide bonds. The van der Waals surface area contributed by atoms with Crippen molar-refractivity contribution in [1.82, 2.24) is 0 Å². The molecular weight excluding hydrogens is 524 g/mol. The first-order valence-electron chi connectivity index (χ1n) is 1.28. The van der Waals surface area contributed by atoms with Crippen LogP contribution in [0.25, 0.3) is 16.2 Å². The summed E-state index contributed by atoms with van der Waals surface area (Å²) < 4.78 is 4.88. The van der Waals surface area contributed by atoms with Crippen molar-refractivity contribution in [1.29, 1.82) is 0 Å². The van der Waals surface area contributed by atoms with Crippen molar-refractivity contribution in [2.24, 2.45) is 0 Å². The van der Waals surface area contributed by atoms with Gasteiger partial charge in [-0.1, -0.05) is 0 Å². The fourth-order valence-electron chi connectivity index (χ4n) is 0. The Bertz CT molecular complexity index is 111. The van der Waals surface area contributed by atoms with E-state index in [2.05, 4.69) is 46.7 Å². The number of hydrogen-bond acceptors (Lipinski definition) is 0. The van der Waals surface area contributed by atoms with Gasteiger partial charge in [-0.05, 0) is 0 Å². The van der Waals surface area contributed by atoms with Gasteiger partial charge in [0.1, 0.15) is 0 Å². The van der Waals surface area contributed by atoms with E-state index in [1.807, 2.05) is 0 Å².